The Balaban J connectivity index is 1.46. The second-order valence-electron chi connectivity index (χ2n) is 6.02. The first-order valence-corrected chi connectivity index (χ1v) is 8.70. The molecule has 1 N–H and O–H groups in total. The fraction of sp³-hybridized carbons (Fsp3) is 0.0952. The highest BCUT2D eigenvalue weighted by molar-refractivity contribution is 5.89. The van der Waals surface area contributed by atoms with Crippen LogP contribution in [0.1, 0.15) is 12.0 Å². The van der Waals surface area contributed by atoms with Crippen LogP contribution < -0.4 is 10.1 Å². The first-order valence-electron chi connectivity index (χ1n) is 8.70. The van der Waals surface area contributed by atoms with Gasteiger partial charge in [0.05, 0.1) is 0 Å². The molecular formula is C21H18N4O2. The molecule has 0 bridgehead atoms. The summed E-state index contributed by atoms with van der Waals surface area (Å²) in [7, 11) is 0. The van der Waals surface area contributed by atoms with Gasteiger partial charge in [-0.15, -0.1) is 5.10 Å². The average Bonchev–Trinajstić information content (AvgIpc) is 3.11. The molecule has 2 aromatic carbocycles. The lowest BCUT2D eigenvalue weighted by Gasteiger charge is -2.06. The molecule has 0 aliphatic heterocycles. The van der Waals surface area contributed by atoms with E-state index in [2.05, 4.69) is 15.4 Å². The molecule has 0 atom stereocenters. The normalized spacial score (nSPS) is 10.7. The van der Waals surface area contributed by atoms with Crippen LogP contribution in [0.5, 0.6) is 11.6 Å². The second-order valence-corrected chi connectivity index (χ2v) is 6.02. The SMILES string of the molecule is O=C(CCc1ccccc1)Nc1nc2cccc(Oc3ccccc3)n2n1. The molecule has 6 heteroatoms. The number of amides is 1. The molecule has 0 saturated heterocycles. The van der Waals surface area contributed by atoms with Crippen LogP contribution in [0.2, 0.25) is 0 Å². The summed E-state index contributed by atoms with van der Waals surface area (Å²) in [6, 6.07) is 24.8. The third-order valence-corrected chi connectivity index (χ3v) is 4.03. The number of nitrogens with zero attached hydrogens (tertiary/aromatic N) is 3. The number of anilines is 1. The van der Waals surface area contributed by atoms with E-state index in [0.29, 0.717) is 30.1 Å². The number of pyridine rings is 1. The number of carbonyl (C=O) groups is 1. The van der Waals surface area contributed by atoms with Gasteiger partial charge in [-0.3, -0.25) is 10.1 Å². The predicted octanol–water partition coefficient (Wildman–Crippen LogP) is 4.09. The Kier molecular flexibility index (Phi) is 4.78. The summed E-state index contributed by atoms with van der Waals surface area (Å²) in [6.07, 6.45) is 1.04. The Morgan fingerprint density at radius 1 is 0.926 bits per heavy atom. The van der Waals surface area contributed by atoms with E-state index in [4.69, 9.17) is 4.74 Å². The zero-order valence-corrected chi connectivity index (χ0v) is 14.6. The van der Waals surface area contributed by atoms with Crippen molar-refractivity contribution >= 4 is 17.5 Å². The molecule has 0 unspecified atom stereocenters. The van der Waals surface area contributed by atoms with Crippen LogP contribution in [0.3, 0.4) is 0 Å². The van der Waals surface area contributed by atoms with Crippen LogP contribution >= 0.6 is 0 Å². The Labute approximate surface area is 156 Å². The van der Waals surface area contributed by atoms with Crippen molar-refractivity contribution in [2.45, 2.75) is 12.8 Å². The molecule has 27 heavy (non-hydrogen) atoms. The Morgan fingerprint density at radius 2 is 1.67 bits per heavy atom. The zero-order valence-electron chi connectivity index (χ0n) is 14.6. The first kappa shape index (κ1) is 16.8. The van der Waals surface area contributed by atoms with Crippen molar-refractivity contribution in [2.75, 3.05) is 5.32 Å². The number of aryl methyl sites for hydroxylation is 1. The van der Waals surface area contributed by atoms with Gasteiger partial charge in [-0.1, -0.05) is 54.6 Å². The highest BCUT2D eigenvalue weighted by Gasteiger charge is 2.11. The largest absolute Gasteiger partial charge is 0.439 e. The van der Waals surface area contributed by atoms with Gasteiger partial charge in [0.2, 0.25) is 17.7 Å². The number of carbonyl (C=O) groups excluding carboxylic acids is 1. The summed E-state index contributed by atoms with van der Waals surface area (Å²) in [6.45, 7) is 0. The number of hydrogen-bond donors (Lipinski definition) is 1. The van der Waals surface area contributed by atoms with Crippen molar-refractivity contribution in [1.29, 1.82) is 0 Å². The van der Waals surface area contributed by atoms with Gasteiger partial charge in [-0.05, 0) is 30.2 Å². The number of rotatable bonds is 6. The van der Waals surface area contributed by atoms with E-state index in [0.717, 1.165) is 5.56 Å². The summed E-state index contributed by atoms with van der Waals surface area (Å²) >= 11 is 0. The summed E-state index contributed by atoms with van der Waals surface area (Å²) in [5.74, 6) is 1.36. The standard InChI is InChI=1S/C21H18N4O2/c26-19(15-14-16-8-3-1-4-9-16)23-21-22-18-12-7-13-20(25(18)24-21)27-17-10-5-2-6-11-17/h1-13H,14-15H2,(H,23,24,26). The van der Waals surface area contributed by atoms with E-state index in [-0.39, 0.29) is 11.9 Å². The van der Waals surface area contributed by atoms with E-state index in [1.165, 1.54) is 0 Å². The minimum absolute atomic E-state index is 0.125. The molecular weight excluding hydrogens is 340 g/mol. The number of ether oxygens (including phenoxy) is 1. The van der Waals surface area contributed by atoms with Crippen LogP contribution in [0.25, 0.3) is 5.65 Å². The summed E-state index contributed by atoms with van der Waals surface area (Å²) in [5.41, 5.74) is 1.72. The molecule has 4 aromatic rings. The van der Waals surface area contributed by atoms with Crippen molar-refractivity contribution in [3.63, 3.8) is 0 Å². The molecule has 134 valence electrons. The topological polar surface area (TPSA) is 68.5 Å². The van der Waals surface area contributed by atoms with Crippen molar-refractivity contribution in [3.8, 4) is 11.6 Å². The third-order valence-electron chi connectivity index (χ3n) is 4.03. The maximum Gasteiger partial charge on any atom is 0.249 e. The molecule has 0 radical (unpaired) electrons. The zero-order chi connectivity index (χ0) is 18.5. The summed E-state index contributed by atoms with van der Waals surface area (Å²) < 4.78 is 7.43. The first-order chi connectivity index (χ1) is 13.3. The fourth-order valence-corrected chi connectivity index (χ4v) is 2.71. The molecule has 2 aromatic heterocycles. The summed E-state index contributed by atoms with van der Waals surface area (Å²) in [4.78, 5) is 16.6. The predicted molar refractivity (Wildman–Crippen MR) is 103 cm³/mol. The lowest BCUT2D eigenvalue weighted by molar-refractivity contribution is -0.116. The quantitative estimate of drug-likeness (QED) is 0.564. The van der Waals surface area contributed by atoms with Gasteiger partial charge in [-0.25, -0.2) is 0 Å². The van der Waals surface area contributed by atoms with Crippen LogP contribution in [-0.2, 0) is 11.2 Å². The Bertz CT molecular complexity index is 1050. The van der Waals surface area contributed by atoms with Gasteiger partial charge in [0, 0.05) is 12.5 Å². The van der Waals surface area contributed by atoms with Crippen molar-refractivity contribution in [2.24, 2.45) is 0 Å². The Morgan fingerprint density at radius 3 is 2.44 bits per heavy atom. The van der Waals surface area contributed by atoms with E-state index >= 15 is 0 Å². The van der Waals surface area contributed by atoms with Gasteiger partial charge < -0.3 is 4.74 Å². The lowest BCUT2D eigenvalue weighted by Crippen LogP contribution is -2.13. The number of hydrogen-bond acceptors (Lipinski definition) is 4. The molecule has 0 aliphatic carbocycles. The maximum atomic E-state index is 12.2. The molecule has 6 nitrogen and oxygen atoms in total. The van der Waals surface area contributed by atoms with Crippen molar-refractivity contribution < 1.29 is 9.53 Å². The number of aromatic nitrogens is 3. The number of nitrogens with one attached hydrogen (secondary N) is 1. The average molecular weight is 358 g/mol. The molecule has 0 saturated carbocycles. The smallest absolute Gasteiger partial charge is 0.249 e. The van der Waals surface area contributed by atoms with Gasteiger partial charge in [0.15, 0.2) is 5.65 Å². The van der Waals surface area contributed by atoms with E-state index in [1.54, 1.807) is 10.6 Å². The minimum Gasteiger partial charge on any atom is -0.439 e. The highest BCUT2D eigenvalue weighted by Crippen LogP contribution is 2.22. The molecule has 1 amide bonds. The van der Waals surface area contributed by atoms with Crippen LogP contribution in [0, 0.1) is 0 Å². The molecule has 2 heterocycles. The number of benzene rings is 2. The van der Waals surface area contributed by atoms with Crippen LogP contribution in [-0.4, -0.2) is 20.5 Å². The lowest BCUT2D eigenvalue weighted by atomic mass is 10.1. The van der Waals surface area contributed by atoms with Crippen LogP contribution in [0.4, 0.5) is 5.95 Å². The van der Waals surface area contributed by atoms with E-state index in [9.17, 15) is 4.79 Å². The van der Waals surface area contributed by atoms with Gasteiger partial charge in [-0.2, -0.15) is 9.50 Å². The van der Waals surface area contributed by atoms with Gasteiger partial charge in [0.1, 0.15) is 5.75 Å². The highest BCUT2D eigenvalue weighted by atomic mass is 16.5. The number of para-hydroxylation sites is 1. The monoisotopic (exact) mass is 358 g/mol. The van der Waals surface area contributed by atoms with Gasteiger partial charge in [0.25, 0.3) is 0 Å². The second kappa shape index (κ2) is 7.70. The van der Waals surface area contributed by atoms with Crippen molar-refractivity contribution in [3.05, 3.63) is 84.4 Å². The number of fused-ring (bicyclic) bond motifs is 1. The third kappa shape index (κ3) is 4.12. The fourth-order valence-electron chi connectivity index (χ4n) is 2.71. The van der Waals surface area contributed by atoms with Crippen molar-refractivity contribution in [1.82, 2.24) is 14.6 Å². The molecule has 0 fully saturated rings. The molecule has 0 aliphatic rings. The maximum absolute atomic E-state index is 12.2. The Hall–Kier alpha value is -3.67. The van der Waals surface area contributed by atoms with Gasteiger partial charge >= 0.3 is 0 Å². The molecule has 0 spiro atoms. The van der Waals surface area contributed by atoms with E-state index < -0.39 is 0 Å². The minimum atomic E-state index is -0.125. The van der Waals surface area contributed by atoms with Crippen LogP contribution in [0.15, 0.2) is 78.9 Å². The molecule has 4 rings (SSSR count). The van der Waals surface area contributed by atoms with E-state index in [1.807, 2.05) is 72.8 Å². The summed E-state index contributed by atoms with van der Waals surface area (Å²) in [5, 5.41) is 7.11.